The number of ketones is 1. The van der Waals surface area contributed by atoms with E-state index in [0.29, 0.717) is 25.0 Å². The molecule has 1 heteroatoms. The molecule has 1 aromatic carbocycles. The number of Topliss-reactive ketones (excluding diaryl/α,β-unsaturated/α-hetero) is 1. The van der Waals surface area contributed by atoms with Crippen molar-refractivity contribution in [2.24, 2.45) is 5.92 Å². The normalized spacial score (nSPS) is 13.7. The molecule has 0 fully saturated rings. The van der Waals surface area contributed by atoms with Crippen molar-refractivity contribution in [3.8, 4) is 0 Å². The van der Waals surface area contributed by atoms with E-state index in [1.165, 1.54) is 0 Å². The summed E-state index contributed by atoms with van der Waals surface area (Å²) in [4.78, 5) is 11.9. The lowest BCUT2D eigenvalue weighted by Gasteiger charge is -2.12. The summed E-state index contributed by atoms with van der Waals surface area (Å²) in [6.07, 6.45) is 0.640. The van der Waals surface area contributed by atoms with Crippen LogP contribution in [0, 0.1) is 12.8 Å². The fourth-order valence-corrected chi connectivity index (χ4v) is 1.57. The van der Waals surface area contributed by atoms with Crippen LogP contribution in [0.5, 0.6) is 0 Å². The molecule has 1 atom stereocenters. The molecule has 1 aromatic rings. The van der Waals surface area contributed by atoms with E-state index in [1.54, 1.807) is 0 Å². The van der Waals surface area contributed by atoms with E-state index >= 15 is 0 Å². The predicted molar refractivity (Wildman–Crippen MR) is 64.1 cm³/mol. The van der Waals surface area contributed by atoms with Gasteiger partial charge in [-0.05, 0) is 18.4 Å². The summed E-state index contributed by atoms with van der Waals surface area (Å²) < 4.78 is 7.23. The van der Waals surface area contributed by atoms with Crippen molar-refractivity contribution in [1.82, 2.24) is 0 Å². The first-order valence-electron chi connectivity index (χ1n) is 6.16. The van der Waals surface area contributed by atoms with Crippen molar-refractivity contribution in [2.75, 3.05) is 0 Å². The van der Waals surface area contributed by atoms with Crippen LogP contribution in [0.25, 0.3) is 0 Å². The maximum Gasteiger partial charge on any atom is 0.140 e. The van der Waals surface area contributed by atoms with E-state index in [1.807, 2.05) is 31.2 Å². The number of hydrogen-bond acceptors (Lipinski definition) is 1. The molecule has 0 heterocycles. The molecule has 1 rings (SSSR count). The molecule has 0 bridgehead atoms. The molecule has 0 spiro atoms. The summed E-state index contributed by atoms with van der Waals surface area (Å²) >= 11 is 0. The van der Waals surface area contributed by atoms with Gasteiger partial charge in [0.25, 0.3) is 0 Å². The van der Waals surface area contributed by atoms with Crippen molar-refractivity contribution >= 4 is 5.78 Å². The van der Waals surface area contributed by atoms with Crippen molar-refractivity contribution < 1.29 is 6.17 Å². The van der Waals surface area contributed by atoms with Gasteiger partial charge in [-0.2, -0.15) is 0 Å². The molecular weight excluding hydrogens is 184 g/mol. The van der Waals surface area contributed by atoms with Crippen LogP contribution in [0.4, 0.5) is 0 Å². The van der Waals surface area contributed by atoms with Crippen LogP contribution in [0.3, 0.4) is 0 Å². The summed E-state index contributed by atoms with van der Waals surface area (Å²) in [6, 6.07) is 7.79. The number of rotatable bonds is 4. The highest BCUT2D eigenvalue weighted by Crippen LogP contribution is 2.20. The van der Waals surface area contributed by atoms with Gasteiger partial charge in [0.2, 0.25) is 0 Å². The fraction of sp³-hybridized carbons (Fsp3) is 0.500. The molecule has 15 heavy (non-hydrogen) atoms. The van der Waals surface area contributed by atoms with Crippen LogP contribution < -0.4 is 0 Å². The van der Waals surface area contributed by atoms with Crippen LogP contribution in [0.2, 0.25) is 0 Å². The minimum absolute atomic E-state index is 0.0258. The minimum Gasteiger partial charge on any atom is -0.299 e. The SMILES string of the molecule is [2H]Cc1ccc(C(C)C(=O)CC(C)C)cc1. The van der Waals surface area contributed by atoms with E-state index in [9.17, 15) is 4.79 Å². The smallest absolute Gasteiger partial charge is 0.140 e. The molecule has 0 amide bonds. The van der Waals surface area contributed by atoms with Gasteiger partial charge in [-0.1, -0.05) is 50.6 Å². The summed E-state index contributed by atoms with van der Waals surface area (Å²) in [5.74, 6) is 0.693. The van der Waals surface area contributed by atoms with Gasteiger partial charge in [0.15, 0.2) is 0 Å². The third-order valence-electron chi connectivity index (χ3n) is 2.57. The molecule has 0 aromatic heterocycles. The predicted octanol–water partition coefficient (Wildman–Crippen LogP) is 3.71. The average Bonchev–Trinajstić information content (AvgIpc) is 2.27. The monoisotopic (exact) mass is 205 g/mol. The second-order valence-electron chi connectivity index (χ2n) is 4.53. The zero-order valence-corrected chi connectivity index (χ0v) is 9.79. The fourth-order valence-electron chi connectivity index (χ4n) is 1.57. The largest absolute Gasteiger partial charge is 0.299 e. The molecule has 0 radical (unpaired) electrons. The highest BCUT2D eigenvalue weighted by molar-refractivity contribution is 5.85. The molecule has 0 aliphatic carbocycles. The Morgan fingerprint density at radius 3 is 2.33 bits per heavy atom. The van der Waals surface area contributed by atoms with Crippen molar-refractivity contribution in [2.45, 2.75) is 40.0 Å². The lowest BCUT2D eigenvalue weighted by atomic mass is 9.91. The lowest BCUT2D eigenvalue weighted by Crippen LogP contribution is -2.11. The Kier molecular flexibility index (Phi) is 3.54. The summed E-state index contributed by atoms with van der Waals surface area (Å²) in [7, 11) is 0. The van der Waals surface area contributed by atoms with Gasteiger partial charge in [0, 0.05) is 13.7 Å². The van der Waals surface area contributed by atoms with Crippen LogP contribution in [-0.4, -0.2) is 5.78 Å². The van der Waals surface area contributed by atoms with Gasteiger partial charge in [0.1, 0.15) is 5.78 Å². The molecule has 0 aliphatic rings. The van der Waals surface area contributed by atoms with Crippen LogP contribution in [-0.2, 0) is 4.79 Å². The number of benzene rings is 1. The highest BCUT2D eigenvalue weighted by Gasteiger charge is 2.15. The summed E-state index contributed by atoms with van der Waals surface area (Å²) in [5, 5.41) is 0. The Labute approximate surface area is 93.9 Å². The number of carbonyl (C=O) groups is 1. The van der Waals surface area contributed by atoms with Gasteiger partial charge >= 0.3 is 0 Å². The maximum atomic E-state index is 11.9. The Balaban J connectivity index is 2.72. The minimum atomic E-state index is -0.0258. The van der Waals surface area contributed by atoms with E-state index in [0.717, 1.165) is 11.1 Å². The van der Waals surface area contributed by atoms with E-state index < -0.39 is 0 Å². The van der Waals surface area contributed by atoms with Crippen LogP contribution in [0.1, 0.15) is 45.6 Å². The van der Waals surface area contributed by atoms with Gasteiger partial charge in [-0.25, -0.2) is 0 Å². The Morgan fingerprint density at radius 2 is 1.87 bits per heavy atom. The highest BCUT2D eigenvalue weighted by atomic mass is 16.1. The molecule has 0 aliphatic heterocycles. The van der Waals surface area contributed by atoms with Gasteiger partial charge in [-0.3, -0.25) is 4.79 Å². The number of aryl methyl sites for hydroxylation is 1. The molecular formula is C14H20O. The Bertz CT molecular complexity index is 340. The van der Waals surface area contributed by atoms with E-state index in [2.05, 4.69) is 13.8 Å². The topological polar surface area (TPSA) is 17.1 Å². The summed E-state index contributed by atoms with van der Waals surface area (Å²) in [5.41, 5.74) is 2.05. The van der Waals surface area contributed by atoms with Crippen molar-refractivity contribution in [3.05, 3.63) is 35.4 Å². The number of carbonyl (C=O) groups excluding carboxylic acids is 1. The van der Waals surface area contributed by atoms with Gasteiger partial charge < -0.3 is 0 Å². The van der Waals surface area contributed by atoms with Crippen LogP contribution >= 0.6 is 0 Å². The third kappa shape index (κ3) is 3.50. The van der Waals surface area contributed by atoms with Gasteiger partial charge in [0.05, 0.1) is 0 Å². The Hall–Kier alpha value is -1.11. The van der Waals surface area contributed by atoms with Crippen LogP contribution in [0.15, 0.2) is 24.3 Å². The van der Waals surface area contributed by atoms with Crippen molar-refractivity contribution in [3.63, 3.8) is 0 Å². The second-order valence-corrected chi connectivity index (χ2v) is 4.53. The first kappa shape index (κ1) is 10.4. The third-order valence-corrected chi connectivity index (χ3v) is 2.57. The molecule has 1 nitrogen and oxygen atoms in total. The van der Waals surface area contributed by atoms with Crippen molar-refractivity contribution in [1.29, 1.82) is 0 Å². The first-order chi connectivity index (χ1) is 7.54. The Morgan fingerprint density at radius 1 is 1.27 bits per heavy atom. The lowest BCUT2D eigenvalue weighted by molar-refractivity contribution is -0.120. The van der Waals surface area contributed by atoms with E-state index in [-0.39, 0.29) is 5.92 Å². The maximum absolute atomic E-state index is 11.9. The molecule has 1 unspecified atom stereocenters. The number of hydrogen-bond donors (Lipinski definition) is 0. The quantitative estimate of drug-likeness (QED) is 0.732. The molecule has 0 saturated heterocycles. The van der Waals surface area contributed by atoms with E-state index in [4.69, 9.17) is 1.37 Å². The zero-order valence-electron chi connectivity index (χ0n) is 10.8. The molecule has 82 valence electrons. The second kappa shape index (κ2) is 5.11. The standard InChI is InChI=1S/C14H20O/c1-10(2)9-14(15)12(4)13-7-5-11(3)6-8-13/h5-8,10,12H,9H2,1-4H3/i3D. The molecule has 0 N–H and O–H groups in total. The summed E-state index contributed by atoms with van der Waals surface area (Å²) in [6.45, 7) is 6.39. The average molecular weight is 205 g/mol. The van der Waals surface area contributed by atoms with Gasteiger partial charge in [-0.15, -0.1) is 0 Å². The molecule has 0 saturated carbocycles. The first-order valence-corrected chi connectivity index (χ1v) is 5.45. The zero-order chi connectivity index (χ0) is 12.1.